The van der Waals surface area contributed by atoms with Gasteiger partial charge in [0.25, 0.3) is 0 Å². The van der Waals surface area contributed by atoms with Gasteiger partial charge in [0.05, 0.1) is 7.11 Å². The van der Waals surface area contributed by atoms with Crippen LogP contribution in [-0.4, -0.2) is 14.2 Å². The van der Waals surface area contributed by atoms with Crippen LogP contribution in [0, 0.1) is 6.92 Å². The Morgan fingerprint density at radius 3 is 2.24 bits per heavy atom. The van der Waals surface area contributed by atoms with E-state index in [0.717, 1.165) is 23.6 Å². The van der Waals surface area contributed by atoms with Crippen molar-refractivity contribution in [2.75, 3.05) is 14.2 Å². The number of rotatable bonds is 6. The van der Waals surface area contributed by atoms with Crippen LogP contribution in [0.2, 0.25) is 0 Å². The SMILES string of the molecule is CNCc1ccc(OCc2ccc(C)cc2)c(OC)c1.Cl. The quantitative estimate of drug-likeness (QED) is 0.882. The van der Waals surface area contributed by atoms with Crippen molar-refractivity contribution in [1.82, 2.24) is 5.32 Å². The van der Waals surface area contributed by atoms with Crippen molar-refractivity contribution in [1.29, 1.82) is 0 Å². The molecule has 4 heteroatoms. The molecule has 21 heavy (non-hydrogen) atoms. The second kappa shape index (κ2) is 8.55. The largest absolute Gasteiger partial charge is 0.493 e. The van der Waals surface area contributed by atoms with E-state index in [4.69, 9.17) is 9.47 Å². The summed E-state index contributed by atoms with van der Waals surface area (Å²) < 4.78 is 11.2. The van der Waals surface area contributed by atoms with Crippen LogP contribution in [0.3, 0.4) is 0 Å². The van der Waals surface area contributed by atoms with Crippen molar-refractivity contribution in [3.63, 3.8) is 0 Å². The molecule has 0 saturated heterocycles. The predicted molar refractivity (Wildman–Crippen MR) is 88.5 cm³/mol. The van der Waals surface area contributed by atoms with Crippen LogP contribution in [0.25, 0.3) is 0 Å². The van der Waals surface area contributed by atoms with Gasteiger partial charge in [-0.2, -0.15) is 0 Å². The van der Waals surface area contributed by atoms with E-state index in [9.17, 15) is 0 Å². The van der Waals surface area contributed by atoms with Gasteiger partial charge in [-0.3, -0.25) is 0 Å². The van der Waals surface area contributed by atoms with E-state index in [2.05, 4.69) is 36.5 Å². The highest BCUT2D eigenvalue weighted by atomic mass is 35.5. The third kappa shape index (κ3) is 4.96. The van der Waals surface area contributed by atoms with Crippen LogP contribution in [0.1, 0.15) is 16.7 Å². The number of methoxy groups -OCH3 is 1. The van der Waals surface area contributed by atoms with Crippen molar-refractivity contribution in [3.8, 4) is 11.5 Å². The molecule has 2 aromatic rings. The minimum absolute atomic E-state index is 0. The van der Waals surface area contributed by atoms with E-state index in [1.807, 2.05) is 25.2 Å². The monoisotopic (exact) mass is 307 g/mol. The van der Waals surface area contributed by atoms with Crippen LogP contribution < -0.4 is 14.8 Å². The Hall–Kier alpha value is -1.71. The molecule has 0 saturated carbocycles. The molecular weight excluding hydrogens is 286 g/mol. The van der Waals surface area contributed by atoms with Crippen LogP contribution in [0.5, 0.6) is 11.5 Å². The molecule has 2 rings (SSSR count). The zero-order valence-electron chi connectivity index (χ0n) is 12.7. The lowest BCUT2D eigenvalue weighted by atomic mass is 10.1. The Kier molecular flexibility index (Phi) is 7.06. The fraction of sp³-hybridized carbons (Fsp3) is 0.294. The molecule has 0 spiro atoms. The van der Waals surface area contributed by atoms with Gasteiger partial charge >= 0.3 is 0 Å². The summed E-state index contributed by atoms with van der Waals surface area (Å²) in [6, 6.07) is 14.3. The first-order valence-electron chi connectivity index (χ1n) is 6.73. The average Bonchev–Trinajstić information content (AvgIpc) is 2.47. The van der Waals surface area contributed by atoms with Gasteiger partial charge in [0.1, 0.15) is 6.61 Å². The molecule has 2 aromatic carbocycles. The van der Waals surface area contributed by atoms with E-state index in [1.165, 1.54) is 11.1 Å². The van der Waals surface area contributed by atoms with Gasteiger partial charge in [-0.1, -0.05) is 35.9 Å². The lowest BCUT2D eigenvalue weighted by molar-refractivity contribution is 0.284. The van der Waals surface area contributed by atoms with Crippen LogP contribution in [-0.2, 0) is 13.2 Å². The number of benzene rings is 2. The summed E-state index contributed by atoms with van der Waals surface area (Å²) in [5.74, 6) is 1.54. The minimum Gasteiger partial charge on any atom is -0.493 e. The number of ether oxygens (including phenoxy) is 2. The minimum atomic E-state index is 0. The molecule has 0 aliphatic carbocycles. The lowest BCUT2D eigenvalue weighted by Crippen LogP contribution is -2.05. The van der Waals surface area contributed by atoms with Gasteiger partial charge in [0.15, 0.2) is 11.5 Å². The summed E-state index contributed by atoms with van der Waals surface area (Å²) in [6.45, 7) is 3.44. The fourth-order valence-electron chi connectivity index (χ4n) is 1.99. The third-order valence-corrected chi connectivity index (χ3v) is 3.12. The number of aryl methyl sites for hydroxylation is 1. The molecule has 0 bridgehead atoms. The Balaban J connectivity index is 0.00000220. The Morgan fingerprint density at radius 1 is 0.952 bits per heavy atom. The molecule has 0 heterocycles. The summed E-state index contributed by atoms with van der Waals surface area (Å²) in [7, 11) is 3.59. The number of hydrogen-bond donors (Lipinski definition) is 1. The second-order valence-electron chi connectivity index (χ2n) is 4.79. The van der Waals surface area contributed by atoms with E-state index in [-0.39, 0.29) is 12.4 Å². The molecule has 0 amide bonds. The van der Waals surface area contributed by atoms with E-state index < -0.39 is 0 Å². The summed E-state index contributed by atoms with van der Waals surface area (Å²) in [5, 5.41) is 3.12. The number of halogens is 1. The van der Waals surface area contributed by atoms with E-state index in [0.29, 0.717) is 6.61 Å². The maximum absolute atomic E-state index is 5.84. The van der Waals surface area contributed by atoms with Gasteiger partial charge in [-0.05, 0) is 37.2 Å². The summed E-state index contributed by atoms with van der Waals surface area (Å²) in [6.07, 6.45) is 0. The molecule has 0 atom stereocenters. The maximum atomic E-state index is 5.84. The second-order valence-corrected chi connectivity index (χ2v) is 4.79. The topological polar surface area (TPSA) is 30.5 Å². The highest BCUT2D eigenvalue weighted by molar-refractivity contribution is 5.85. The summed E-state index contributed by atoms with van der Waals surface area (Å²) in [5.41, 5.74) is 3.58. The van der Waals surface area contributed by atoms with Gasteiger partial charge < -0.3 is 14.8 Å². The highest BCUT2D eigenvalue weighted by Crippen LogP contribution is 2.28. The van der Waals surface area contributed by atoms with Gasteiger partial charge in [0.2, 0.25) is 0 Å². The smallest absolute Gasteiger partial charge is 0.161 e. The van der Waals surface area contributed by atoms with Crippen molar-refractivity contribution in [2.45, 2.75) is 20.1 Å². The van der Waals surface area contributed by atoms with Gasteiger partial charge in [-0.25, -0.2) is 0 Å². The molecule has 0 unspecified atom stereocenters. The molecule has 1 N–H and O–H groups in total. The first-order valence-corrected chi connectivity index (χ1v) is 6.73. The molecule has 3 nitrogen and oxygen atoms in total. The van der Waals surface area contributed by atoms with Crippen molar-refractivity contribution in [2.24, 2.45) is 0 Å². The number of nitrogens with one attached hydrogen (secondary N) is 1. The zero-order valence-corrected chi connectivity index (χ0v) is 13.5. The molecule has 114 valence electrons. The van der Waals surface area contributed by atoms with Crippen molar-refractivity contribution >= 4 is 12.4 Å². The number of hydrogen-bond acceptors (Lipinski definition) is 3. The van der Waals surface area contributed by atoms with Crippen molar-refractivity contribution in [3.05, 3.63) is 59.2 Å². The van der Waals surface area contributed by atoms with Gasteiger partial charge in [0, 0.05) is 6.54 Å². The lowest BCUT2D eigenvalue weighted by Gasteiger charge is -2.12. The highest BCUT2D eigenvalue weighted by Gasteiger charge is 2.06. The van der Waals surface area contributed by atoms with Gasteiger partial charge in [-0.15, -0.1) is 12.4 Å². The first kappa shape index (κ1) is 17.3. The molecule has 0 aliphatic heterocycles. The summed E-state index contributed by atoms with van der Waals surface area (Å²) >= 11 is 0. The van der Waals surface area contributed by atoms with Crippen molar-refractivity contribution < 1.29 is 9.47 Å². The molecular formula is C17H22ClNO2. The third-order valence-electron chi connectivity index (χ3n) is 3.12. The maximum Gasteiger partial charge on any atom is 0.161 e. The van der Waals surface area contributed by atoms with Crippen LogP contribution in [0.4, 0.5) is 0 Å². The zero-order chi connectivity index (χ0) is 14.4. The predicted octanol–water partition coefficient (Wildman–Crippen LogP) is 3.72. The standard InChI is InChI=1S/C17H21NO2.ClH/c1-13-4-6-14(7-5-13)12-20-16-9-8-15(11-18-2)10-17(16)19-3;/h4-10,18H,11-12H2,1-3H3;1H. The van der Waals surface area contributed by atoms with Crippen LogP contribution >= 0.6 is 12.4 Å². The molecule has 0 radical (unpaired) electrons. The first-order chi connectivity index (χ1) is 9.72. The Morgan fingerprint density at radius 2 is 1.62 bits per heavy atom. The molecule has 0 fully saturated rings. The molecule has 0 aromatic heterocycles. The fourth-order valence-corrected chi connectivity index (χ4v) is 1.99. The Bertz CT molecular complexity index is 555. The molecule has 0 aliphatic rings. The van der Waals surface area contributed by atoms with E-state index in [1.54, 1.807) is 7.11 Å². The Labute approximate surface area is 132 Å². The summed E-state index contributed by atoms with van der Waals surface area (Å²) in [4.78, 5) is 0. The van der Waals surface area contributed by atoms with E-state index >= 15 is 0 Å². The van der Waals surface area contributed by atoms with Crippen LogP contribution in [0.15, 0.2) is 42.5 Å². The average molecular weight is 308 g/mol. The normalized spacial score (nSPS) is 9.86.